The molecule has 48 heavy (non-hydrogen) atoms. The van der Waals surface area contributed by atoms with Crippen LogP contribution >= 0.6 is 7.82 Å². The number of unbranched alkanes of at least 4 members (excludes halogenated alkanes) is 7. The van der Waals surface area contributed by atoms with Crippen molar-refractivity contribution < 1.29 is 47.5 Å². The van der Waals surface area contributed by atoms with Gasteiger partial charge in [0.15, 0.2) is 6.10 Å². The van der Waals surface area contributed by atoms with Crippen LogP contribution in [0.4, 0.5) is 0 Å². The number of phosphoric ester groups is 1. The standard InChI is InChI=1S/C36H60NO10P/c1-3-5-7-9-11-12-13-14-15-16-17-18-19-20-22-24-26-28-35(39)47-32(30-45-48(42,43)46-31-33(37)36(40)41)29-44-34(38)27-25-23-21-10-8-6-4-2/h5,7,11-12,14-15,17-18,20,22,32-33H,3-4,6,8-10,13,16,19,21,23-31,37H2,1-2H3,(H,40,41)(H,42,43)/b7-5+,12-11+,15-14+,18-17+,22-20+/t32-,33-/m0/s1. The average molecular weight is 698 g/mol. The third-order valence-corrected chi connectivity index (χ3v) is 7.73. The van der Waals surface area contributed by atoms with Crippen molar-refractivity contribution in [2.24, 2.45) is 5.73 Å². The van der Waals surface area contributed by atoms with Crippen LogP contribution in [0.25, 0.3) is 0 Å². The molecule has 0 fully saturated rings. The lowest BCUT2D eigenvalue weighted by molar-refractivity contribution is -0.161. The fraction of sp³-hybridized carbons (Fsp3) is 0.639. The van der Waals surface area contributed by atoms with E-state index >= 15 is 0 Å². The fourth-order valence-electron chi connectivity index (χ4n) is 4.04. The Balaban J connectivity index is 4.57. The van der Waals surface area contributed by atoms with Gasteiger partial charge in [0.1, 0.15) is 12.6 Å². The Kier molecular flexibility index (Phi) is 29.6. The third-order valence-electron chi connectivity index (χ3n) is 6.78. The molecule has 274 valence electrons. The minimum Gasteiger partial charge on any atom is -0.480 e. The van der Waals surface area contributed by atoms with Gasteiger partial charge in [-0.05, 0) is 51.4 Å². The van der Waals surface area contributed by atoms with Gasteiger partial charge in [0.2, 0.25) is 0 Å². The molecule has 3 atom stereocenters. The summed E-state index contributed by atoms with van der Waals surface area (Å²) in [5.74, 6) is -2.47. The second-order valence-electron chi connectivity index (χ2n) is 11.3. The highest BCUT2D eigenvalue weighted by Crippen LogP contribution is 2.43. The maximum atomic E-state index is 12.5. The summed E-state index contributed by atoms with van der Waals surface area (Å²) in [6, 6.07) is -1.53. The molecule has 0 aromatic rings. The molecule has 0 aliphatic rings. The number of carboxylic acids is 1. The molecule has 0 aliphatic heterocycles. The first-order valence-corrected chi connectivity index (χ1v) is 18.8. The highest BCUT2D eigenvalue weighted by atomic mass is 31.2. The minimum absolute atomic E-state index is 0.0809. The first-order valence-electron chi connectivity index (χ1n) is 17.3. The summed E-state index contributed by atoms with van der Waals surface area (Å²) < 4.78 is 32.3. The van der Waals surface area contributed by atoms with Crippen LogP contribution in [-0.4, -0.2) is 59.9 Å². The summed E-state index contributed by atoms with van der Waals surface area (Å²) >= 11 is 0. The lowest BCUT2D eigenvalue weighted by Gasteiger charge is -2.20. The largest absolute Gasteiger partial charge is 0.480 e. The van der Waals surface area contributed by atoms with E-state index in [-0.39, 0.29) is 19.4 Å². The molecule has 1 unspecified atom stereocenters. The van der Waals surface area contributed by atoms with Gasteiger partial charge in [-0.3, -0.25) is 23.4 Å². The van der Waals surface area contributed by atoms with Crippen LogP contribution in [0, 0.1) is 0 Å². The van der Waals surface area contributed by atoms with Crippen LogP contribution in [-0.2, 0) is 37.5 Å². The Morgan fingerprint density at radius 1 is 0.667 bits per heavy atom. The molecular formula is C36H60NO10P. The van der Waals surface area contributed by atoms with Crippen molar-refractivity contribution in [2.45, 2.75) is 129 Å². The van der Waals surface area contributed by atoms with Crippen molar-refractivity contribution in [1.82, 2.24) is 0 Å². The number of nitrogens with two attached hydrogens (primary N) is 1. The molecule has 0 aromatic heterocycles. The van der Waals surface area contributed by atoms with Gasteiger partial charge in [0.05, 0.1) is 13.2 Å². The number of carbonyl (C=O) groups excluding carboxylic acids is 2. The van der Waals surface area contributed by atoms with Crippen molar-refractivity contribution in [3.63, 3.8) is 0 Å². The van der Waals surface area contributed by atoms with Crippen LogP contribution in [0.5, 0.6) is 0 Å². The third kappa shape index (κ3) is 30.5. The van der Waals surface area contributed by atoms with Gasteiger partial charge in [0.25, 0.3) is 0 Å². The summed E-state index contributed by atoms with van der Waals surface area (Å²) in [5, 5.41) is 8.82. The van der Waals surface area contributed by atoms with Crippen LogP contribution in [0.3, 0.4) is 0 Å². The predicted molar refractivity (Wildman–Crippen MR) is 189 cm³/mol. The Bertz CT molecular complexity index is 1050. The van der Waals surface area contributed by atoms with Gasteiger partial charge in [-0.25, -0.2) is 4.57 Å². The number of aliphatic carboxylic acids is 1. The predicted octanol–water partition coefficient (Wildman–Crippen LogP) is 8.05. The maximum absolute atomic E-state index is 12.5. The molecule has 0 amide bonds. The van der Waals surface area contributed by atoms with Gasteiger partial charge < -0.3 is 25.2 Å². The first kappa shape index (κ1) is 45.2. The number of hydrogen-bond acceptors (Lipinski definition) is 9. The number of esters is 2. The number of ether oxygens (including phenoxy) is 2. The van der Waals surface area contributed by atoms with Crippen molar-refractivity contribution in [3.8, 4) is 0 Å². The van der Waals surface area contributed by atoms with Crippen molar-refractivity contribution in [2.75, 3.05) is 19.8 Å². The summed E-state index contributed by atoms with van der Waals surface area (Å²) in [5.41, 5.74) is 5.29. The van der Waals surface area contributed by atoms with Crippen molar-refractivity contribution in [1.29, 1.82) is 0 Å². The maximum Gasteiger partial charge on any atom is 0.472 e. The van der Waals surface area contributed by atoms with E-state index in [0.717, 1.165) is 51.4 Å². The molecule has 0 saturated heterocycles. The molecule has 0 aliphatic carbocycles. The van der Waals surface area contributed by atoms with Gasteiger partial charge in [-0.2, -0.15) is 0 Å². The van der Waals surface area contributed by atoms with Gasteiger partial charge in [-0.15, -0.1) is 0 Å². The van der Waals surface area contributed by atoms with Crippen LogP contribution in [0.1, 0.15) is 117 Å². The van der Waals surface area contributed by atoms with E-state index < -0.39 is 51.1 Å². The summed E-state index contributed by atoms with van der Waals surface area (Å²) in [6.07, 6.45) is 33.3. The van der Waals surface area contributed by atoms with Crippen LogP contribution in [0.2, 0.25) is 0 Å². The minimum atomic E-state index is -4.72. The van der Waals surface area contributed by atoms with E-state index in [4.69, 9.17) is 24.8 Å². The molecule has 0 heterocycles. The molecule has 12 heteroatoms. The Morgan fingerprint density at radius 2 is 1.17 bits per heavy atom. The molecular weight excluding hydrogens is 637 g/mol. The molecule has 0 spiro atoms. The van der Waals surface area contributed by atoms with E-state index in [9.17, 15) is 23.8 Å². The fourth-order valence-corrected chi connectivity index (χ4v) is 4.82. The van der Waals surface area contributed by atoms with E-state index in [0.29, 0.717) is 19.3 Å². The van der Waals surface area contributed by atoms with E-state index in [1.54, 1.807) is 0 Å². The SMILES string of the molecule is CC/C=C/C/C=C/C/C=C/C/C=C/C/C=C/CCCC(=O)O[C@@H](COC(=O)CCCCCCCCC)COP(=O)(O)OC[C@H](N)C(=O)O. The summed E-state index contributed by atoms with van der Waals surface area (Å²) in [4.78, 5) is 45.4. The summed E-state index contributed by atoms with van der Waals surface area (Å²) in [6.45, 7) is 2.53. The number of carbonyl (C=O) groups is 3. The zero-order valence-corrected chi connectivity index (χ0v) is 29.9. The lowest BCUT2D eigenvalue weighted by Crippen LogP contribution is -2.34. The zero-order valence-electron chi connectivity index (χ0n) is 29.0. The number of carboxylic acid groups (broad SMARTS) is 1. The molecule has 0 radical (unpaired) electrons. The van der Waals surface area contributed by atoms with Crippen LogP contribution in [0.15, 0.2) is 60.8 Å². The summed E-state index contributed by atoms with van der Waals surface area (Å²) in [7, 11) is -4.72. The Morgan fingerprint density at radius 3 is 1.73 bits per heavy atom. The van der Waals surface area contributed by atoms with Gasteiger partial charge >= 0.3 is 25.7 Å². The highest BCUT2D eigenvalue weighted by Gasteiger charge is 2.28. The molecule has 0 aromatic carbocycles. The number of allylic oxidation sites excluding steroid dienone is 10. The quantitative estimate of drug-likeness (QED) is 0.0277. The second kappa shape index (κ2) is 31.4. The molecule has 0 bridgehead atoms. The topological polar surface area (TPSA) is 172 Å². The number of hydrogen-bond donors (Lipinski definition) is 3. The van der Waals surface area contributed by atoms with Crippen molar-refractivity contribution in [3.05, 3.63) is 60.8 Å². The van der Waals surface area contributed by atoms with Gasteiger partial charge in [0, 0.05) is 12.8 Å². The monoisotopic (exact) mass is 697 g/mol. The highest BCUT2D eigenvalue weighted by molar-refractivity contribution is 7.47. The van der Waals surface area contributed by atoms with E-state index in [2.05, 4.69) is 67.0 Å². The Hall–Kier alpha value is -2.82. The van der Waals surface area contributed by atoms with E-state index in [1.807, 2.05) is 12.2 Å². The molecule has 0 saturated carbocycles. The normalized spacial score (nSPS) is 14.8. The second-order valence-corrected chi connectivity index (χ2v) is 12.7. The number of phosphoric acid groups is 1. The van der Waals surface area contributed by atoms with Gasteiger partial charge in [-0.1, -0.05) is 113 Å². The Labute approximate surface area is 287 Å². The van der Waals surface area contributed by atoms with Crippen molar-refractivity contribution >= 4 is 25.7 Å². The zero-order chi connectivity index (χ0) is 35.7. The average Bonchev–Trinajstić information content (AvgIpc) is 3.05. The molecule has 4 N–H and O–H groups in total. The first-order chi connectivity index (χ1) is 23.1. The lowest BCUT2D eigenvalue weighted by atomic mass is 10.1. The van der Waals surface area contributed by atoms with Crippen LogP contribution < -0.4 is 5.73 Å². The smallest absolute Gasteiger partial charge is 0.472 e. The van der Waals surface area contributed by atoms with E-state index in [1.165, 1.54) is 19.3 Å². The molecule has 11 nitrogen and oxygen atoms in total. The number of rotatable bonds is 31. The molecule has 0 rings (SSSR count).